The summed E-state index contributed by atoms with van der Waals surface area (Å²) in [5.41, 5.74) is 0.586. The van der Waals surface area contributed by atoms with Gasteiger partial charge in [-0.05, 0) is 37.1 Å². The summed E-state index contributed by atoms with van der Waals surface area (Å²) in [7, 11) is 0. The third-order valence-electron chi connectivity index (χ3n) is 4.27. The van der Waals surface area contributed by atoms with Crippen molar-refractivity contribution in [3.8, 4) is 0 Å². The Labute approximate surface area is 154 Å². The van der Waals surface area contributed by atoms with Gasteiger partial charge in [-0.25, -0.2) is 4.98 Å². The Kier molecular flexibility index (Phi) is 5.53. The van der Waals surface area contributed by atoms with Gasteiger partial charge >= 0.3 is 0 Å². The molecule has 1 aliphatic rings. The molecule has 2 heterocycles. The molecule has 3 rings (SSSR count). The van der Waals surface area contributed by atoms with Crippen LogP contribution in [0.15, 0.2) is 39.4 Å². The van der Waals surface area contributed by atoms with Gasteiger partial charge in [-0.3, -0.25) is 9.59 Å². The molecule has 1 unspecified atom stereocenters. The van der Waals surface area contributed by atoms with Crippen molar-refractivity contribution in [3.05, 3.63) is 52.1 Å². The fraction of sp³-hybridized carbons (Fsp3) is 0.389. The van der Waals surface area contributed by atoms with Crippen LogP contribution >= 0.6 is 15.9 Å². The quantitative estimate of drug-likeness (QED) is 0.829. The molecule has 7 heteroatoms. The van der Waals surface area contributed by atoms with Gasteiger partial charge in [0.05, 0.1) is 12.7 Å². The van der Waals surface area contributed by atoms with Crippen molar-refractivity contribution in [3.63, 3.8) is 0 Å². The van der Waals surface area contributed by atoms with E-state index in [-0.39, 0.29) is 18.4 Å². The molecule has 2 aromatic rings. The molecule has 1 fully saturated rings. The van der Waals surface area contributed by atoms with Crippen LogP contribution in [-0.2, 0) is 17.8 Å². The molecule has 0 bridgehead atoms. The maximum absolute atomic E-state index is 12.7. The van der Waals surface area contributed by atoms with E-state index >= 15 is 0 Å². The monoisotopic (exact) mass is 405 g/mol. The molecule has 1 aromatic carbocycles. The molecular weight excluding hydrogens is 386 g/mol. The molecule has 1 N–H and O–H groups in total. The van der Waals surface area contributed by atoms with Crippen LogP contribution in [-0.4, -0.2) is 34.3 Å². The number of benzene rings is 1. The van der Waals surface area contributed by atoms with E-state index < -0.39 is 6.04 Å². The summed E-state index contributed by atoms with van der Waals surface area (Å²) >= 11 is 3.36. The van der Waals surface area contributed by atoms with E-state index in [4.69, 9.17) is 4.42 Å². The minimum absolute atomic E-state index is 0.116. The Bertz CT molecular complexity index is 757. The molecule has 0 radical (unpaired) electrons. The molecule has 2 amide bonds. The van der Waals surface area contributed by atoms with Crippen molar-refractivity contribution < 1.29 is 14.0 Å². The third-order valence-corrected chi connectivity index (χ3v) is 4.80. The van der Waals surface area contributed by atoms with Crippen molar-refractivity contribution in [1.29, 1.82) is 0 Å². The molecule has 1 saturated heterocycles. The second kappa shape index (κ2) is 7.82. The summed E-state index contributed by atoms with van der Waals surface area (Å²) < 4.78 is 6.40. The molecule has 25 heavy (non-hydrogen) atoms. The number of amides is 2. The lowest BCUT2D eigenvalue weighted by molar-refractivity contribution is -0.125. The van der Waals surface area contributed by atoms with Crippen molar-refractivity contribution in [1.82, 2.24) is 15.2 Å². The first kappa shape index (κ1) is 17.7. The molecule has 0 spiro atoms. The van der Waals surface area contributed by atoms with Crippen molar-refractivity contribution in [2.45, 2.75) is 38.8 Å². The van der Waals surface area contributed by atoms with Crippen LogP contribution in [0.2, 0.25) is 0 Å². The van der Waals surface area contributed by atoms with E-state index in [1.807, 2.05) is 19.1 Å². The number of hydrogen-bond donors (Lipinski definition) is 1. The second-order valence-corrected chi connectivity index (χ2v) is 6.87. The van der Waals surface area contributed by atoms with Gasteiger partial charge in [-0.2, -0.15) is 0 Å². The fourth-order valence-corrected chi connectivity index (χ4v) is 3.18. The second-order valence-electron chi connectivity index (χ2n) is 5.96. The number of nitrogens with zero attached hydrogens (tertiary/aromatic N) is 2. The van der Waals surface area contributed by atoms with Crippen molar-refractivity contribution in [2.75, 3.05) is 6.54 Å². The Hall–Kier alpha value is -2.15. The maximum Gasteiger partial charge on any atom is 0.254 e. The van der Waals surface area contributed by atoms with E-state index in [1.54, 1.807) is 23.2 Å². The van der Waals surface area contributed by atoms with Gasteiger partial charge in [-0.1, -0.05) is 22.9 Å². The van der Waals surface area contributed by atoms with Gasteiger partial charge in [-0.15, -0.1) is 0 Å². The SMILES string of the molecule is CCc1cnc(CNC(=O)C2CCCN2C(=O)c2ccc(Br)cc2)o1. The molecule has 1 aliphatic heterocycles. The number of carbonyl (C=O) groups excluding carboxylic acids is 2. The number of aryl methyl sites for hydroxylation is 1. The molecular formula is C18H20BrN3O3. The molecule has 0 saturated carbocycles. The predicted octanol–water partition coefficient (Wildman–Crippen LogP) is 2.92. The van der Waals surface area contributed by atoms with Gasteiger partial charge in [0, 0.05) is 23.0 Å². The van der Waals surface area contributed by atoms with Gasteiger partial charge in [0.15, 0.2) is 0 Å². The lowest BCUT2D eigenvalue weighted by Crippen LogP contribution is -2.45. The Balaban J connectivity index is 1.62. The van der Waals surface area contributed by atoms with Crippen LogP contribution in [0.4, 0.5) is 0 Å². The smallest absolute Gasteiger partial charge is 0.254 e. The first-order valence-electron chi connectivity index (χ1n) is 8.36. The van der Waals surface area contributed by atoms with Crippen LogP contribution in [0.3, 0.4) is 0 Å². The number of rotatable bonds is 5. The predicted molar refractivity (Wildman–Crippen MR) is 95.9 cm³/mol. The first-order chi connectivity index (χ1) is 12.1. The largest absolute Gasteiger partial charge is 0.444 e. The summed E-state index contributed by atoms with van der Waals surface area (Å²) in [6.45, 7) is 2.80. The molecule has 0 aliphatic carbocycles. The Morgan fingerprint density at radius 1 is 1.36 bits per heavy atom. The summed E-state index contributed by atoms with van der Waals surface area (Å²) in [5.74, 6) is 0.986. The Morgan fingerprint density at radius 2 is 2.12 bits per heavy atom. The highest BCUT2D eigenvalue weighted by atomic mass is 79.9. The number of halogens is 1. The number of oxazole rings is 1. The number of likely N-dealkylation sites (tertiary alicyclic amines) is 1. The van der Waals surface area contributed by atoms with Crippen LogP contribution in [0, 0.1) is 0 Å². The standard InChI is InChI=1S/C18H20BrN3O3/c1-2-14-10-20-16(25-14)11-21-17(23)15-4-3-9-22(15)18(24)12-5-7-13(19)8-6-12/h5-8,10,15H,2-4,9,11H2,1H3,(H,21,23). The number of nitrogens with one attached hydrogen (secondary N) is 1. The van der Waals surface area contributed by atoms with Crippen LogP contribution in [0.5, 0.6) is 0 Å². The highest BCUT2D eigenvalue weighted by Gasteiger charge is 2.34. The average molecular weight is 406 g/mol. The minimum atomic E-state index is -0.447. The Morgan fingerprint density at radius 3 is 2.80 bits per heavy atom. The zero-order valence-corrected chi connectivity index (χ0v) is 15.6. The molecule has 1 aromatic heterocycles. The van der Waals surface area contributed by atoms with E-state index in [0.717, 1.165) is 23.1 Å². The lowest BCUT2D eigenvalue weighted by atomic mass is 10.1. The van der Waals surface area contributed by atoms with Crippen LogP contribution in [0.1, 0.15) is 41.8 Å². The molecule has 132 valence electrons. The van der Waals surface area contributed by atoms with Crippen molar-refractivity contribution >= 4 is 27.7 Å². The number of aromatic nitrogens is 1. The lowest BCUT2D eigenvalue weighted by Gasteiger charge is -2.23. The van der Waals surface area contributed by atoms with Gasteiger partial charge < -0.3 is 14.6 Å². The number of carbonyl (C=O) groups is 2. The molecule has 6 nitrogen and oxygen atoms in total. The minimum Gasteiger partial charge on any atom is -0.444 e. The van der Waals surface area contributed by atoms with Crippen LogP contribution < -0.4 is 5.32 Å². The van der Waals surface area contributed by atoms with Gasteiger partial charge in [0.2, 0.25) is 11.8 Å². The van der Waals surface area contributed by atoms with Gasteiger partial charge in [0.25, 0.3) is 5.91 Å². The maximum atomic E-state index is 12.7. The highest BCUT2D eigenvalue weighted by molar-refractivity contribution is 9.10. The fourth-order valence-electron chi connectivity index (χ4n) is 2.91. The third kappa shape index (κ3) is 4.10. The average Bonchev–Trinajstić information content (AvgIpc) is 3.29. The topological polar surface area (TPSA) is 75.4 Å². The first-order valence-corrected chi connectivity index (χ1v) is 9.15. The van der Waals surface area contributed by atoms with E-state index in [9.17, 15) is 9.59 Å². The van der Waals surface area contributed by atoms with E-state index in [0.29, 0.717) is 24.4 Å². The highest BCUT2D eigenvalue weighted by Crippen LogP contribution is 2.21. The molecule has 1 atom stereocenters. The normalized spacial score (nSPS) is 16.9. The van der Waals surface area contributed by atoms with Crippen molar-refractivity contribution in [2.24, 2.45) is 0 Å². The summed E-state index contributed by atoms with van der Waals surface area (Å²) in [6, 6.07) is 6.73. The summed E-state index contributed by atoms with van der Waals surface area (Å²) in [4.78, 5) is 31.0. The summed E-state index contributed by atoms with van der Waals surface area (Å²) in [5, 5.41) is 2.83. The van der Waals surface area contributed by atoms with E-state index in [1.165, 1.54) is 0 Å². The summed E-state index contributed by atoms with van der Waals surface area (Å²) in [6.07, 6.45) is 3.92. The van der Waals surface area contributed by atoms with Gasteiger partial charge in [0.1, 0.15) is 11.8 Å². The number of hydrogen-bond acceptors (Lipinski definition) is 4. The van der Waals surface area contributed by atoms with Crippen LogP contribution in [0.25, 0.3) is 0 Å². The zero-order chi connectivity index (χ0) is 17.8. The van der Waals surface area contributed by atoms with E-state index in [2.05, 4.69) is 26.2 Å². The zero-order valence-electron chi connectivity index (χ0n) is 14.0.